The van der Waals surface area contributed by atoms with Crippen LogP contribution in [0.2, 0.25) is 0 Å². The molecule has 1 aliphatic carbocycles. The van der Waals surface area contributed by atoms with Crippen LogP contribution in [0.15, 0.2) is 42.5 Å². The van der Waals surface area contributed by atoms with Crippen LogP contribution >= 0.6 is 0 Å². The average Bonchev–Trinajstić information content (AvgIpc) is 2.65. The normalized spacial score (nSPS) is 15.8. The lowest BCUT2D eigenvalue weighted by atomic mass is 9.87. The van der Waals surface area contributed by atoms with Crippen molar-refractivity contribution < 1.29 is 9.59 Å². The molecule has 0 heterocycles. The molecular weight excluding hydrogens is 326 g/mol. The molecule has 0 radical (unpaired) electrons. The second-order valence-corrected chi connectivity index (χ2v) is 6.86. The fourth-order valence-corrected chi connectivity index (χ4v) is 3.57. The summed E-state index contributed by atoms with van der Waals surface area (Å²) in [4.78, 5) is 25.9. The highest BCUT2D eigenvalue weighted by Gasteiger charge is 2.26. The van der Waals surface area contributed by atoms with E-state index in [1.807, 2.05) is 31.0 Å². The zero-order valence-electron chi connectivity index (χ0n) is 15.3. The molecule has 3 rings (SSSR count). The molecule has 2 aromatic rings. The summed E-state index contributed by atoms with van der Waals surface area (Å²) in [6.45, 7) is 2.11. The lowest BCUT2D eigenvalue weighted by Gasteiger charge is -2.33. The molecule has 3 N–H and O–H groups in total. The number of hydrogen-bond acceptors (Lipinski definition) is 3. The summed E-state index contributed by atoms with van der Waals surface area (Å²) in [6.07, 6.45) is 3.15. The Morgan fingerprint density at radius 2 is 2.00 bits per heavy atom. The topological polar surface area (TPSA) is 75.4 Å². The molecule has 1 atom stereocenters. The van der Waals surface area contributed by atoms with Crippen molar-refractivity contribution in [3.63, 3.8) is 0 Å². The molecule has 0 spiro atoms. The van der Waals surface area contributed by atoms with Gasteiger partial charge in [0.15, 0.2) is 0 Å². The van der Waals surface area contributed by atoms with Gasteiger partial charge in [0.1, 0.15) is 0 Å². The lowest BCUT2D eigenvalue weighted by molar-refractivity contribution is -0.130. The van der Waals surface area contributed by atoms with Gasteiger partial charge in [-0.1, -0.05) is 30.3 Å². The van der Waals surface area contributed by atoms with Gasteiger partial charge >= 0.3 is 0 Å². The average molecular weight is 351 g/mol. The number of carbonyl (C=O) groups excluding carboxylic acids is 2. The molecule has 5 heteroatoms. The molecule has 1 aliphatic rings. The Morgan fingerprint density at radius 1 is 1.23 bits per heavy atom. The summed E-state index contributed by atoms with van der Waals surface area (Å²) in [5.41, 5.74) is 10.1. The van der Waals surface area contributed by atoms with Crippen LogP contribution in [0, 0.1) is 6.92 Å². The lowest BCUT2D eigenvalue weighted by Crippen LogP contribution is -2.37. The number of nitrogens with zero attached hydrogens (tertiary/aromatic N) is 1. The van der Waals surface area contributed by atoms with Gasteiger partial charge in [-0.2, -0.15) is 0 Å². The first kappa shape index (κ1) is 18.0. The van der Waals surface area contributed by atoms with E-state index >= 15 is 0 Å². The van der Waals surface area contributed by atoms with Gasteiger partial charge in [-0.15, -0.1) is 0 Å². The SMILES string of the molecule is Cc1ccc(C(N)=O)cc1NCC(=O)N(C)[C@H]1CCCc2ccccc21. The molecule has 0 aliphatic heterocycles. The Hall–Kier alpha value is -2.82. The summed E-state index contributed by atoms with van der Waals surface area (Å²) < 4.78 is 0. The van der Waals surface area contributed by atoms with Crippen LogP contribution in [0.5, 0.6) is 0 Å². The van der Waals surface area contributed by atoms with Crippen LogP contribution in [0.25, 0.3) is 0 Å². The summed E-state index contributed by atoms with van der Waals surface area (Å²) >= 11 is 0. The van der Waals surface area contributed by atoms with Gasteiger partial charge < -0.3 is 16.0 Å². The number of hydrogen-bond donors (Lipinski definition) is 2. The number of benzene rings is 2. The number of likely N-dealkylation sites (N-methyl/N-ethyl adjacent to an activating group) is 1. The monoisotopic (exact) mass is 351 g/mol. The Morgan fingerprint density at radius 3 is 2.77 bits per heavy atom. The van der Waals surface area contributed by atoms with Gasteiger partial charge in [-0.05, 0) is 55.0 Å². The van der Waals surface area contributed by atoms with Gasteiger partial charge in [-0.25, -0.2) is 0 Å². The van der Waals surface area contributed by atoms with Crippen molar-refractivity contribution in [3.8, 4) is 0 Å². The summed E-state index contributed by atoms with van der Waals surface area (Å²) in [7, 11) is 1.86. The first-order chi connectivity index (χ1) is 12.5. The number of rotatable bonds is 5. The second kappa shape index (κ2) is 7.60. The Bertz CT molecular complexity index is 832. The maximum atomic E-state index is 12.7. The third kappa shape index (κ3) is 3.72. The van der Waals surface area contributed by atoms with E-state index < -0.39 is 5.91 Å². The zero-order chi connectivity index (χ0) is 18.7. The van der Waals surface area contributed by atoms with E-state index in [-0.39, 0.29) is 18.5 Å². The van der Waals surface area contributed by atoms with E-state index in [0.29, 0.717) is 5.56 Å². The minimum atomic E-state index is -0.477. The van der Waals surface area contributed by atoms with Crippen molar-refractivity contribution in [1.82, 2.24) is 4.90 Å². The second-order valence-electron chi connectivity index (χ2n) is 6.86. The number of amides is 2. The fraction of sp³-hybridized carbons (Fsp3) is 0.333. The van der Waals surface area contributed by atoms with Crippen molar-refractivity contribution in [1.29, 1.82) is 0 Å². The summed E-state index contributed by atoms with van der Waals surface area (Å²) in [5.74, 6) is -0.453. The maximum Gasteiger partial charge on any atom is 0.248 e. The van der Waals surface area contributed by atoms with Crippen LogP contribution in [-0.2, 0) is 11.2 Å². The Labute approximate surface area is 154 Å². The zero-order valence-corrected chi connectivity index (χ0v) is 15.3. The summed E-state index contributed by atoms with van der Waals surface area (Å²) in [6, 6.07) is 13.7. The third-order valence-corrected chi connectivity index (χ3v) is 5.15. The molecule has 0 saturated heterocycles. The molecule has 26 heavy (non-hydrogen) atoms. The first-order valence-electron chi connectivity index (χ1n) is 8.95. The molecule has 0 unspecified atom stereocenters. The number of aryl methyl sites for hydroxylation is 2. The number of nitrogens with one attached hydrogen (secondary N) is 1. The first-order valence-corrected chi connectivity index (χ1v) is 8.95. The van der Waals surface area contributed by atoms with E-state index in [2.05, 4.69) is 23.5 Å². The molecular formula is C21H25N3O2. The van der Waals surface area contributed by atoms with Gasteiger partial charge in [0.2, 0.25) is 11.8 Å². The predicted molar refractivity (Wildman–Crippen MR) is 103 cm³/mol. The number of fused-ring (bicyclic) bond motifs is 1. The smallest absolute Gasteiger partial charge is 0.248 e. The van der Waals surface area contributed by atoms with E-state index in [0.717, 1.165) is 30.5 Å². The van der Waals surface area contributed by atoms with Crippen LogP contribution in [0.3, 0.4) is 0 Å². The molecule has 2 aromatic carbocycles. The van der Waals surface area contributed by atoms with Gasteiger partial charge in [0.25, 0.3) is 0 Å². The number of nitrogens with two attached hydrogens (primary N) is 1. The van der Waals surface area contributed by atoms with Crippen LogP contribution in [-0.4, -0.2) is 30.3 Å². The molecule has 0 fully saturated rings. The van der Waals surface area contributed by atoms with Crippen LogP contribution in [0.4, 0.5) is 5.69 Å². The van der Waals surface area contributed by atoms with Gasteiger partial charge in [0, 0.05) is 18.3 Å². The highest BCUT2D eigenvalue weighted by Crippen LogP contribution is 2.33. The third-order valence-electron chi connectivity index (χ3n) is 5.15. The fourth-order valence-electron chi connectivity index (χ4n) is 3.57. The molecule has 5 nitrogen and oxygen atoms in total. The standard InChI is InChI=1S/C21H25N3O2/c1-14-10-11-16(21(22)26)12-18(14)23-13-20(25)24(2)19-9-5-7-15-6-3-4-8-17(15)19/h3-4,6,8,10-12,19,23H,5,7,9,13H2,1-2H3,(H2,22,26)/t19-/m0/s1. The van der Waals surface area contributed by atoms with E-state index in [1.165, 1.54) is 11.1 Å². The molecule has 0 aromatic heterocycles. The van der Waals surface area contributed by atoms with Crippen LogP contribution < -0.4 is 11.1 Å². The van der Waals surface area contributed by atoms with Crippen molar-refractivity contribution >= 4 is 17.5 Å². The van der Waals surface area contributed by atoms with Crippen molar-refractivity contribution in [2.24, 2.45) is 5.73 Å². The van der Waals surface area contributed by atoms with E-state index in [4.69, 9.17) is 5.73 Å². The van der Waals surface area contributed by atoms with Crippen molar-refractivity contribution in [3.05, 3.63) is 64.7 Å². The van der Waals surface area contributed by atoms with E-state index in [9.17, 15) is 9.59 Å². The highest BCUT2D eigenvalue weighted by molar-refractivity contribution is 5.94. The summed E-state index contributed by atoms with van der Waals surface area (Å²) in [5, 5.41) is 3.15. The quantitative estimate of drug-likeness (QED) is 0.869. The Kier molecular flexibility index (Phi) is 5.26. The van der Waals surface area contributed by atoms with Crippen molar-refractivity contribution in [2.75, 3.05) is 18.9 Å². The molecule has 2 amide bonds. The molecule has 0 bridgehead atoms. The number of anilines is 1. The molecule has 0 saturated carbocycles. The van der Waals surface area contributed by atoms with E-state index in [1.54, 1.807) is 12.1 Å². The van der Waals surface area contributed by atoms with Gasteiger partial charge in [0.05, 0.1) is 12.6 Å². The minimum absolute atomic E-state index is 0.0237. The highest BCUT2D eigenvalue weighted by atomic mass is 16.2. The number of carbonyl (C=O) groups is 2. The van der Waals surface area contributed by atoms with Gasteiger partial charge in [-0.3, -0.25) is 9.59 Å². The maximum absolute atomic E-state index is 12.7. The Balaban J connectivity index is 1.69. The van der Waals surface area contributed by atoms with Crippen molar-refractivity contribution in [2.45, 2.75) is 32.2 Å². The largest absolute Gasteiger partial charge is 0.376 e. The predicted octanol–water partition coefficient (Wildman–Crippen LogP) is 3.04. The molecule has 136 valence electrons. The van der Waals surface area contributed by atoms with Crippen LogP contribution in [0.1, 0.15) is 45.9 Å². The minimum Gasteiger partial charge on any atom is -0.376 e. The number of primary amides is 1.